The van der Waals surface area contributed by atoms with Gasteiger partial charge < -0.3 is 4.84 Å². The molecule has 1 atom stereocenters. The summed E-state index contributed by atoms with van der Waals surface area (Å²) in [6.07, 6.45) is 0. The molecule has 0 aliphatic carbocycles. The predicted molar refractivity (Wildman–Crippen MR) is 57.3 cm³/mol. The molecule has 1 aromatic carbocycles. The Morgan fingerprint density at radius 2 is 2.00 bits per heavy atom. The summed E-state index contributed by atoms with van der Waals surface area (Å²) in [4.78, 5) is 5.12. The Labute approximate surface area is 87.4 Å². The van der Waals surface area contributed by atoms with E-state index in [1.807, 2.05) is 19.1 Å². The van der Waals surface area contributed by atoms with Crippen molar-refractivity contribution in [3.05, 3.63) is 34.3 Å². The number of nitrogens with one attached hydrogen (secondary N) is 1. The molecule has 0 bridgehead atoms. The highest BCUT2D eigenvalue weighted by molar-refractivity contribution is 9.10. The van der Waals surface area contributed by atoms with Gasteiger partial charge in [-0.3, -0.25) is 0 Å². The fourth-order valence-corrected chi connectivity index (χ4v) is 1.29. The minimum atomic E-state index is 0.230. The van der Waals surface area contributed by atoms with Crippen LogP contribution in [0.5, 0.6) is 0 Å². The third kappa shape index (κ3) is 3.46. The van der Waals surface area contributed by atoms with Crippen molar-refractivity contribution in [1.29, 1.82) is 0 Å². The molecule has 1 aromatic rings. The van der Waals surface area contributed by atoms with E-state index in [0.29, 0.717) is 6.61 Å². The van der Waals surface area contributed by atoms with E-state index in [1.54, 1.807) is 0 Å². The van der Waals surface area contributed by atoms with Crippen LogP contribution in [-0.2, 0) is 4.84 Å². The molecule has 0 aromatic heterocycles. The van der Waals surface area contributed by atoms with Crippen molar-refractivity contribution in [2.75, 3.05) is 6.61 Å². The van der Waals surface area contributed by atoms with Crippen molar-refractivity contribution in [2.45, 2.75) is 19.9 Å². The third-order valence-corrected chi connectivity index (χ3v) is 2.30. The van der Waals surface area contributed by atoms with Gasteiger partial charge in [-0.2, -0.15) is 5.48 Å². The van der Waals surface area contributed by atoms with Crippen molar-refractivity contribution >= 4 is 15.9 Å². The highest BCUT2D eigenvalue weighted by Gasteiger charge is 2.03. The lowest BCUT2D eigenvalue weighted by molar-refractivity contribution is 0.0285. The Morgan fingerprint density at radius 3 is 2.54 bits per heavy atom. The monoisotopic (exact) mass is 243 g/mol. The van der Waals surface area contributed by atoms with E-state index in [0.717, 1.165) is 4.47 Å². The highest BCUT2D eigenvalue weighted by Crippen LogP contribution is 2.16. The Hall–Kier alpha value is -0.380. The first kappa shape index (κ1) is 10.7. The summed E-state index contributed by atoms with van der Waals surface area (Å²) in [5.41, 5.74) is 4.17. The lowest BCUT2D eigenvalue weighted by atomic mass is 10.1. The summed E-state index contributed by atoms with van der Waals surface area (Å²) in [6, 6.07) is 8.42. The van der Waals surface area contributed by atoms with Crippen molar-refractivity contribution in [3.8, 4) is 0 Å². The van der Waals surface area contributed by atoms with E-state index in [9.17, 15) is 0 Å². The van der Waals surface area contributed by atoms with Crippen molar-refractivity contribution in [2.24, 2.45) is 0 Å². The molecular weight excluding hydrogens is 230 g/mol. The second-order valence-electron chi connectivity index (χ2n) is 2.82. The van der Waals surface area contributed by atoms with E-state index in [-0.39, 0.29) is 6.04 Å². The molecule has 0 amide bonds. The second-order valence-corrected chi connectivity index (χ2v) is 3.74. The number of hydroxylamine groups is 1. The van der Waals surface area contributed by atoms with Gasteiger partial charge in [-0.05, 0) is 31.5 Å². The quantitative estimate of drug-likeness (QED) is 0.822. The number of halogens is 1. The molecule has 0 aliphatic heterocycles. The van der Waals surface area contributed by atoms with Gasteiger partial charge in [-0.15, -0.1) is 0 Å². The Morgan fingerprint density at radius 1 is 1.38 bits per heavy atom. The van der Waals surface area contributed by atoms with Crippen LogP contribution in [0.25, 0.3) is 0 Å². The zero-order valence-electron chi connectivity index (χ0n) is 7.88. The van der Waals surface area contributed by atoms with Gasteiger partial charge in [0, 0.05) is 4.47 Å². The van der Waals surface area contributed by atoms with E-state index >= 15 is 0 Å². The number of hydrogen-bond donors (Lipinski definition) is 1. The molecule has 72 valence electrons. The topological polar surface area (TPSA) is 21.3 Å². The molecule has 13 heavy (non-hydrogen) atoms. The van der Waals surface area contributed by atoms with Crippen LogP contribution in [0.1, 0.15) is 25.5 Å². The van der Waals surface area contributed by atoms with Crippen LogP contribution in [0.3, 0.4) is 0 Å². The van der Waals surface area contributed by atoms with Crippen LogP contribution in [0, 0.1) is 0 Å². The van der Waals surface area contributed by atoms with Gasteiger partial charge in [0.15, 0.2) is 0 Å². The summed E-state index contributed by atoms with van der Waals surface area (Å²) in [7, 11) is 0. The molecule has 1 rings (SSSR count). The molecule has 1 unspecified atom stereocenters. The Balaban J connectivity index is 2.55. The van der Waals surface area contributed by atoms with Crippen LogP contribution in [0.15, 0.2) is 28.7 Å². The lowest BCUT2D eigenvalue weighted by Crippen LogP contribution is -2.18. The number of benzene rings is 1. The van der Waals surface area contributed by atoms with E-state index in [4.69, 9.17) is 4.84 Å². The molecule has 1 N–H and O–H groups in total. The first-order valence-corrected chi connectivity index (χ1v) is 5.16. The van der Waals surface area contributed by atoms with Crippen LogP contribution in [0.4, 0.5) is 0 Å². The fraction of sp³-hybridized carbons (Fsp3) is 0.400. The highest BCUT2D eigenvalue weighted by atomic mass is 79.9. The van der Waals surface area contributed by atoms with Gasteiger partial charge in [0.25, 0.3) is 0 Å². The molecule has 2 nitrogen and oxygen atoms in total. The van der Waals surface area contributed by atoms with Gasteiger partial charge in [-0.25, -0.2) is 0 Å². The zero-order chi connectivity index (χ0) is 9.68. The first-order valence-electron chi connectivity index (χ1n) is 4.36. The average molecular weight is 244 g/mol. The molecule has 0 radical (unpaired) electrons. The summed E-state index contributed by atoms with van der Waals surface area (Å²) in [5.74, 6) is 0. The maximum absolute atomic E-state index is 5.12. The first-order chi connectivity index (χ1) is 6.24. The Bertz CT molecular complexity index is 248. The van der Waals surface area contributed by atoms with Crippen LogP contribution < -0.4 is 5.48 Å². The zero-order valence-corrected chi connectivity index (χ0v) is 9.47. The predicted octanol–water partition coefficient (Wildman–Crippen LogP) is 3.05. The van der Waals surface area contributed by atoms with Gasteiger partial charge in [0.1, 0.15) is 0 Å². The summed E-state index contributed by atoms with van der Waals surface area (Å²) in [6.45, 7) is 4.71. The minimum absolute atomic E-state index is 0.230. The molecule has 0 spiro atoms. The normalized spacial score (nSPS) is 12.8. The second kappa shape index (κ2) is 5.37. The molecule has 0 aliphatic rings. The van der Waals surface area contributed by atoms with Gasteiger partial charge >= 0.3 is 0 Å². The van der Waals surface area contributed by atoms with E-state index < -0.39 is 0 Å². The third-order valence-electron chi connectivity index (χ3n) is 1.77. The van der Waals surface area contributed by atoms with E-state index in [2.05, 4.69) is 40.5 Å². The van der Waals surface area contributed by atoms with Crippen LogP contribution in [-0.4, -0.2) is 6.61 Å². The largest absolute Gasteiger partial charge is 0.302 e. The van der Waals surface area contributed by atoms with Gasteiger partial charge in [0.2, 0.25) is 0 Å². The van der Waals surface area contributed by atoms with E-state index in [1.165, 1.54) is 5.56 Å². The lowest BCUT2D eigenvalue weighted by Gasteiger charge is -2.12. The minimum Gasteiger partial charge on any atom is -0.302 e. The maximum atomic E-state index is 5.12. The molecule has 0 saturated heterocycles. The van der Waals surface area contributed by atoms with Gasteiger partial charge in [0.05, 0.1) is 12.6 Å². The fourth-order valence-electron chi connectivity index (χ4n) is 1.03. The van der Waals surface area contributed by atoms with Crippen molar-refractivity contribution in [3.63, 3.8) is 0 Å². The molecule has 0 heterocycles. The van der Waals surface area contributed by atoms with Crippen molar-refractivity contribution in [1.82, 2.24) is 5.48 Å². The molecule has 0 saturated carbocycles. The maximum Gasteiger partial charge on any atom is 0.0654 e. The Kier molecular flexibility index (Phi) is 4.42. The van der Waals surface area contributed by atoms with Gasteiger partial charge in [-0.1, -0.05) is 28.1 Å². The summed E-state index contributed by atoms with van der Waals surface area (Å²) >= 11 is 3.40. The average Bonchev–Trinajstić information content (AvgIpc) is 2.15. The SMILES string of the molecule is CCONC(C)c1ccc(Br)cc1. The number of rotatable bonds is 4. The standard InChI is InChI=1S/C10H14BrNO/c1-3-13-12-8(2)9-4-6-10(11)7-5-9/h4-8,12H,3H2,1-2H3. The smallest absolute Gasteiger partial charge is 0.0654 e. The van der Waals surface area contributed by atoms with Crippen LogP contribution >= 0.6 is 15.9 Å². The van der Waals surface area contributed by atoms with Crippen molar-refractivity contribution < 1.29 is 4.84 Å². The summed E-state index contributed by atoms with van der Waals surface area (Å²) in [5, 5.41) is 0. The molecule has 0 fully saturated rings. The van der Waals surface area contributed by atoms with Crippen LogP contribution in [0.2, 0.25) is 0 Å². The molecular formula is C10H14BrNO. The summed E-state index contributed by atoms with van der Waals surface area (Å²) < 4.78 is 1.10. The number of hydrogen-bond acceptors (Lipinski definition) is 2. The molecule has 3 heteroatoms.